The molecule has 0 unspecified atom stereocenters. The number of hydrogen-bond donors (Lipinski definition) is 0. The summed E-state index contributed by atoms with van der Waals surface area (Å²) in [5, 5.41) is 0. The van der Waals surface area contributed by atoms with E-state index in [0.29, 0.717) is 32.6 Å². The number of amides is 2. The second-order valence-corrected chi connectivity index (χ2v) is 7.45. The number of ether oxygens (including phenoxy) is 1. The van der Waals surface area contributed by atoms with Gasteiger partial charge in [-0.3, -0.25) is 9.59 Å². The number of carbonyl (C=O) groups excluding carboxylic acids is 2. The Morgan fingerprint density at radius 2 is 1.71 bits per heavy atom. The Hall–Kier alpha value is -2.28. The van der Waals surface area contributed by atoms with Gasteiger partial charge in [-0.05, 0) is 39.2 Å². The van der Waals surface area contributed by atoms with Gasteiger partial charge in [-0.2, -0.15) is 0 Å². The molecule has 0 bridgehead atoms. The van der Waals surface area contributed by atoms with E-state index in [2.05, 4.69) is 15.9 Å². The van der Waals surface area contributed by atoms with Crippen LogP contribution in [0, 0.1) is 0 Å². The first-order chi connectivity index (χ1) is 13.4. The molecule has 0 saturated carbocycles. The predicted molar refractivity (Wildman–Crippen MR) is 112 cm³/mol. The molecule has 0 aliphatic carbocycles. The second-order valence-electron chi connectivity index (χ2n) is 7.45. The molecule has 0 atom stereocenters. The number of carbonyl (C=O) groups is 2. The molecule has 0 N–H and O–H groups in total. The van der Waals surface area contributed by atoms with Gasteiger partial charge in [0, 0.05) is 52.6 Å². The number of methoxy groups -OCH3 is 1. The Kier molecular flexibility index (Phi) is 8.57. The van der Waals surface area contributed by atoms with Crippen molar-refractivity contribution >= 4 is 17.5 Å². The van der Waals surface area contributed by atoms with E-state index in [9.17, 15) is 9.59 Å². The summed E-state index contributed by atoms with van der Waals surface area (Å²) < 4.78 is 5.44. The van der Waals surface area contributed by atoms with Crippen molar-refractivity contribution in [3.63, 3.8) is 0 Å². The van der Waals surface area contributed by atoms with Gasteiger partial charge in [0.1, 0.15) is 5.75 Å². The third kappa shape index (κ3) is 6.41. The number of piperazine rings is 1. The van der Waals surface area contributed by atoms with Crippen LogP contribution in [0.2, 0.25) is 0 Å². The van der Waals surface area contributed by atoms with Crippen molar-refractivity contribution < 1.29 is 14.3 Å². The van der Waals surface area contributed by atoms with E-state index >= 15 is 0 Å². The standard InChI is InChI=1S/C21H34N4O3/c1-18(26)23(12-7-11-22(2)3)13-10-21(27)25-16-14-24(15-17-25)19-8-5-6-9-20(19)28-4/h5-6,8-9H,7,10-17H2,1-4H3. The van der Waals surface area contributed by atoms with Gasteiger partial charge >= 0.3 is 0 Å². The normalized spacial score (nSPS) is 14.3. The molecular formula is C21H34N4O3. The van der Waals surface area contributed by atoms with Gasteiger partial charge in [-0.25, -0.2) is 0 Å². The van der Waals surface area contributed by atoms with Crippen LogP contribution < -0.4 is 9.64 Å². The zero-order valence-corrected chi connectivity index (χ0v) is 17.7. The highest BCUT2D eigenvalue weighted by atomic mass is 16.5. The molecule has 7 nitrogen and oxygen atoms in total. The third-order valence-electron chi connectivity index (χ3n) is 5.13. The number of anilines is 1. The van der Waals surface area contributed by atoms with Crippen LogP contribution in [0.3, 0.4) is 0 Å². The topological polar surface area (TPSA) is 56.3 Å². The van der Waals surface area contributed by atoms with Gasteiger partial charge < -0.3 is 24.3 Å². The third-order valence-corrected chi connectivity index (χ3v) is 5.13. The SMILES string of the molecule is COc1ccccc1N1CCN(C(=O)CCN(CCCN(C)C)C(C)=O)CC1. The number of benzene rings is 1. The molecule has 2 rings (SSSR count). The van der Waals surface area contributed by atoms with Crippen LogP contribution in [0.1, 0.15) is 19.8 Å². The number of nitrogens with zero attached hydrogens (tertiary/aromatic N) is 4. The number of para-hydroxylation sites is 2. The smallest absolute Gasteiger partial charge is 0.224 e. The van der Waals surface area contributed by atoms with Crippen molar-refractivity contribution in [1.29, 1.82) is 0 Å². The molecule has 28 heavy (non-hydrogen) atoms. The molecule has 0 aromatic heterocycles. The Labute approximate surface area is 168 Å². The van der Waals surface area contributed by atoms with Crippen LogP contribution in [-0.2, 0) is 9.59 Å². The predicted octanol–water partition coefficient (Wildman–Crippen LogP) is 1.53. The Balaban J connectivity index is 1.80. The molecule has 1 saturated heterocycles. The van der Waals surface area contributed by atoms with Gasteiger partial charge in [0.25, 0.3) is 0 Å². The molecule has 1 aliphatic heterocycles. The van der Waals surface area contributed by atoms with Crippen molar-refractivity contribution in [2.75, 3.05) is 71.9 Å². The summed E-state index contributed by atoms with van der Waals surface area (Å²) in [6.45, 7) is 6.65. The lowest BCUT2D eigenvalue weighted by Gasteiger charge is -2.37. The van der Waals surface area contributed by atoms with E-state index in [1.807, 2.05) is 37.2 Å². The van der Waals surface area contributed by atoms with Crippen LogP contribution in [0.5, 0.6) is 5.75 Å². The fraction of sp³-hybridized carbons (Fsp3) is 0.619. The largest absolute Gasteiger partial charge is 0.495 e. The fourth-order valence-electron chi connectivity index (χ4n) is 3.48. The number of hydrogen-bond acceptors (Lipinski definition) is 5. The molecule has 156 valence electrons. The lowest BCUT2D eigenvalue weighted by molar-refractivity contribution is -0.133. The van der Waals surface area contributed by atoms with Crippen LogP contribution in [-0.4, -0.2) is 93.5 Å². The maximum absolute atomic E-state index is 12.6. The molecule has 1 aromatic carbocycles. The fourth-order valence-corrected chi connectivity index (χ4v) is 3.48. The molecule has 1 aliphatic rings. The monoisotopic (exact) mass is 390 g/mol. The summed E-state index contributed by atoms with van der Waals surface area (Å²) in [7, 11) is 5.72. The van der Waals surface area contributed by atoms with Crippen LogP contribution in [0.15, 0.2) is 24.3 Å². The minimum atomic E-state index is 0.0348. The minimum absolute atomic E-state index is 0.0348. The van der Waals surface area contributed by atoms with Crippen molar-refractivity contribution in [1.82, 2.24) is 14.7 Å². The molecule has 0 radical (unpaired) electrons. The van der Waals surface area contributed by atoms with Crippen LogP contribution in [0.4, 0.5) is 5.69 Å². The summed E-state index contributed by atoms with van der Waals surface area (Å²) in [5.41, 5.74) is 1.07. The Morgan fingerprint density at radius 1 is 1.04 bits per heavy atom. The van der Waals surface area contributed by atoms with E-state index < -0.39 is 0 Å². The lowest BCUT2D eigenvalue weighted by atomic mass is 10.2. The van der Waals surface area contributed by atoms with Gasteiger partial charge in [0.05, 0.1) is 12.8 Å². The van der Waals surface area contributed by atoms with Crippen molar-refractivity contribution in [3.8, 4) is 5.75 Å². The van der Waals surface area contributed by atoms with Crippen LogP contribution in [0.25, 0.3) is 0 Å². The van der Waals surface area contributed by atoms with E-state index in [1.54, 1.807) is 18.9 Å². The van der Waals surface area contributed by atoms with E-state index in [4.69, 9.17) is 4.74 Å². The molecule has 1 heterocycles. The first-order valence-electron chi connectivity index (χ1n) is 9.98. The Bertz CT molecular complexity index is 642. The summed E-state index contributed by atoms with van der Waals surface area (Å²) in [6.07, 6.45) is 1.30. The maximum Gasteiger partial charge on any atom is 0.224 e. The Morgan fingerprint density at radius 3 is 2.32 bits per heavy atom. The molecule has 7 heteroatoms. The lowest BCUT2D eigenvalue weighted by Crippen LogP contribution is -2.49. The molecule has 1 aromatic rings. The second kappa shape index (κ2) is 10.9. The first kappa shape index (κ1) is 22.0. The molecule has 2 amide bonds. The molecule has 1 fully saturated rings. The van der Waals surface area contributed by atoms with Crippen molar-refractivity contribution in [2.45, 2.75) is 19.8 Å². The summed E-state index contributed by atoms with van der Waals surface area (Å²) in [5.74, 6) is 1.02. The highest BCUT2D eigenvalue weighted by Gasteiger charge is 2.23. The van der Waals surface area contributed by atoms with Gasteiger partial charge in [-0.1, -0.05) is 12.1 Å². The van der Waals surface area contributed by atoms with Gasteiger partial charge in [0.2, 0.25) is 11.8 Å². The van der Waals surface area contributed by atoms with E-state index in [-0.39, 0.29) is 11.8 Å². The highest BCUT2D eigenvalue weighted by molar-refractivity contribution is 5.78. The summed E-state index contributed by atoms with van der Waals surface area (Å²) >= 11 is 0. The van der Waals surface area contributed by atoms with Gasteiger partial charge in [-0.15, -0.1) is 0 Å². The quantitative estimate of drug-likeness (QED) is 0.640. The number of rotatable bonds is 9. The molecule has 0 spiro atoms. The maximum atomic E-state index is 12.6. The van der Waals surface area contributed by atoms with Gasteiger partial charge in [0.15, 0.2) is 0 Å². The zero-order valence-electron chi connectivity index (χ0n) is 17.7. The summed E-state index contributed by atoms with van der Waals surface area (Å²) in [4.78, 5) is 32.5. The van der Waals surface area contributed by atoms with Crippen molar-refractivity contribution in [3.05, 3.63) is 24.3 Å². The summed E-state index contributed by atoms with van der Waals surface area (Å²) in [6, 6.07) is 7.97. The van der Waals surface area contributed by atoms with E-state index in [1.165, 1.54) is 0 Å². The zero-order chi connectivity index (χ0) is 20.5. The van der Waals surface area contributed by atoms with Crippen LogP contribution >= 0.6 is 0 Å². The average Bonchev–Trinajstić information content (AvgIpc) is 2.69. The first-order valence-corrected chi connectivity index (χ1v) is 9.98. The van der Waals surface area contributed by atoms with Crippen molar-refractivity contribution in [2.24, 2.45) is 0 Å². The minimum Gasteiger partial charge on any atom is -0.495 e. The molecular weight excluding hydrogens is 356 g/mol. The highest BCUT2D eigenvalue weighted by Crippen LogP contribution is 2.28. The average molecular weight is 391 g/mol. The van der Waals surface area contributed by atoms with E-state index in [0.717, 1.165) is 37.5 Å².